The van der Waals surface area contributed by atoms with Crippen LogP contribution in [0.15, 0.2) is 53.7 Å². The van der Waals surface area contributed by atoms with E-state index in [-0.39, 0.29) is 35.4 Å². The second-order valence-corrected chi connectivity index (χ2v) is 7.45. The minimum absolute atomic E-state index is 0.0327. The zero-order valence-corrected chi connectivity index (χ0v) is 16.9. The highest BCUT2D eigenvalue weighted by Gasteiger charge is 2.38. The summed E-state index contributed by atoms with van der Waals surface area (Å²) < 4.78 is 47.3. The molecule has 7 heteroatoms. The normalized spacial score (nSPS) is 17.0. The Kier molecular flexibility index (Phi) is 6.29. The number of halogens is 3. The van der Waals surface area contributed by atoms with Crippen molar-refractivity contribution in [3.63, 3.8) is 0 Å². The number of rotatable bonds is 5. The van der Waals surface area contributed by atoms with Crippen molar-refractivity contribution in [2.75, 3.05) is 0 Å². The van der Waals surface area contributed by atoms with Gasteiger partial charge in [-0.3, -0.25) is 4.79 Å². The van der Waals surface area contributed by atoms with Gasteiger partial charge in [-0.2, -0.15) is 0 Å². The quantitative estimate of drug-likeness (QED) is 0.654. The van der Waals surface area contributed by atoms with Crippen LogP contribution in [0.1, 0.15) is 44.2 Å². The van der Waals surface area contributed by atoms with E-state index in [1.54, 1.807) is 39.0 Å². The fourth-order valence-corrected chi connectivity index (χ4v) is 3.59. The molecule has 0 saturated carbocycles. The summed E-state index contributed by atoms with van der Waals surface area (Å²) in [6.07, 6.45) is -0.661. The summed E-state index contributed by atoms with van der Waals surface area (Å²) in [5, 5.41) is 0. The summed E-state index contributed by atoms with van der Waals surface area (Å²) in [4.78, 5) is 27.1. The van der Waals surface area contributed by atoms with Gasteiger partial charge in [-0.1, -0.05) is 24.3 Å². The molecule has 0 aliphatic carbocycles. The molecule has 1 aliphatic rings. The van der Waals surface area contributed by atoms with Crippen LogP contribution in [-0.2, 0) is 20.9 Å². The van der Waals surface area contributed by atoms with Gasteiger partial charge in [-0.15, -0.1) is 0 Å². The van der Waals surface area contributed by atoms with E-state index in [0.717, 1.165) is 6.07 Å². The molecule has 2 aromatic carbocycles. The molecule has 0 N–H and O–H groups in total. The van der Waals surface area contributed by atoms with Gasteiger partial charge in [0.15, 0.2) is 0 Å². The molecule has 1 amide bonds. The lowest BCUT2D eigenvalue weighted by molar-refractivity contribution is -0.143. The van der Waals surface area contributed by atoms with E-state index < -0.39 is 41.4 Å². The number of allylic oxidation sites excluding steroid dienone is 1. The van der Waals surface area contributed by atoms with E-state index in [4.69, 9.17) is 4.74 Å². The molecule has 158 valence electrons. The van der Waals surface area contributed by atoms with Crippen molar-refractivity contribution in [1.82, 2.24) is 4.90 Å². The number of hydrogen-bond donors (Lipinski definition) is 0. The summed E-state index contributed by atoms with van der Waals surface area (Å²) in [6.45, 7) is 4.82. The van der Waals surface area contributed by atoms with Gasteiger partial charge in [0, 0.05) is 29.7 Å². The Morgan fingerprint density at radius 3 is 2.47 bits per heavy atom. The van der Waals surface area contributed by atoms with E-state index in [1.165, 1.54) is 17.0 Å². The van der Waals surface area contributed by atoms with Crippen molar-refractivity contribution in [3.05, 3.63) is 82.3 Å². The second kappa shape index (κ2) is 8.73. The molecule has 3 rings (SSSR count). The lowest BCUT2D eigenvalue weighted by Gasteiger charge is -2.35. The van der Waals surface area contributed by atoms with Crippen molar-refractivity contribution in [2.24, 2.45) is 0 Å². The predicted molar refractivity (Wildman–Crippen MR) is 105 cm³/mol. The van der Waals surface area contributed by atoms with Crippen LogP contribution in [-0.4, -0.2) is 22.9 Å². The van der Waals surface area contributed by atoms with Crippen LogP contribution in [0.3, 0.4) is 0 Å². The first kappa shape index (κ1) is 21.6. The number of benzene rings is 2. The smallest absolute Gasteiger partial charge is 0.336 e. The molecule has 0 bridgehead atoms. The fraction of sp³-hybridized carbons (Fsp3) is 0.304. The maximum absolute atomic E-state index is 14.5. The van der Waals surface area contributed by atoms with Gasteiger partial charge in [0.2, 0.25) is 5.91 Å². The third kappa shape index (κ3) is 4.40. The van der Waals surface area contributed by atoms with Crippen LogP contribution >= 0.6 is 0 Å². The lowest BCUT2D eigenvalue weighted by atomic mass is 9.83. The minimum atomic E-state index is -0.929. The van der Waals surface area contributed by atoms with E-state index in [9.17, 15) is 22.8 Å². The Labute approximate surface area is 173 Å². The van der Waals surface area contributed by atoms with Gasteiger partial charge >= 0.3 is 5.97 Å². The van der Waals surface area contributed by atoms with Crippen molar-refractivity contribution in [2.45, 2.75) is 45.8 Å². The highest BCUT2D eigenvalue weighted by molar-refractivity contribution is 5.96. The molecule has 1 unspecified atom stereocenters. The summed E-state index contributed by atoms with van der Waals surface area (Å²) in [6, 6.07) is 9.04. The Morgan fingerprint density at radius 1 is 1.13 bits per heavy atom. The van der Waals surface area contributed by atoms with Crippen LogP contribution in [0.5, 0.6) is 0 Å². The molecule has 4 nitrogen and oxygen atoms in total. The van der Waals surface area contributed by atoms with E-state index in [2.05, 4.69) is 0 Å². The minimum Gasteiger partial charge on any atom is -0.460 e. The zero-order chi connectivity index (χ0) is 22.0. The molecule has 0 aromatic heterocycles. The molecule has 0 fully saturated rings. The molecule has 0 radical (unpaired) electrons. The molecule has 0 saturated heterocycles. The first-order valence-corrected chi connectivity index (χ1v) is 9.59. The van der Waals surface area contributed by atoms with Gasteiger partial charge < -0.3 is 9.64 Å². The molecule has 2 aromatic rings. The highest BCUT2D eigenvalue weighted by Crippen LogP contribution is 2.39. The predicted octanol–water partition coefficient (Wildman–Crippen LogP) is 4.85. The monoisotopic (exact) mass is 417 g/mol. The van der Waals surface area contributed by atoms with Gasteiger partial charge in [0.05, 0.1) is 18.2 Å². The Balaban J connectivity index is 2.08. The average molecular weight is 417 g/mol. The summed E-state index contributed by atoms with van der Waals surface area (Å²) in [5.74, 6) is -4.10. The molecular weight excluding hydrogens is 395 g/mol. The largest absolute Gasteiger partial charge is 0.460 e. The SMILES string of the molecule is CC1=C(C(=O)OC(C)C)C(c2ccc(F)cc2F)CC(=O)N1Cc1ccccc1F. The topological polar surface area (TPSA) is 46.6 Å². The van der Waals surface area contributed by atoms with Gasteiger partial charge in [0.25, 0.3) is 0 Å². The third-order valence-electron chi connectivity index (χ3n) is 5.01. The Bertz CT molecular complexity index is 1020. The van der Waals surface area contributed by atoms with Crippen LogP contribution < -0.4 is 0 Å². The van der Waals surface area contributed by atoms with Gasteiger partial charge in [0.1, 0.15) is 17.5 Å². The first-order valence-electron chi connectivity index (χ1n) is 9.59. The lowest BCUT2D eigenvalue weighted by Crippen LogP contribution is -2.38. The molecule has 1 aliphatic heterocycles. The van der Waals surface area contributed by atoms with Crippen molar-refractivity contribution in [3.8, 4) is 0 Å². The average Bonchev–Trinajstić information content (AvgIpc) is 2.65. The van der Waals surface area contributed by atoms with E-state index in [1.807, 2.05) is 0 Å². The molecular formula is C23H22F3NO3. The van der Waals surface area contributed by atoms with Crippen molar-refractivity contribution >= 4 is 11.9 Å². The summed E-state index contributed by atoms with van der Waals surface area (Å²) >= 11 is 0. The second-order valence-electron chi connectivity index (χ2n) is 7.45. The number of nitrogens with zero attached hydrogens (tertiary/aromatic N) is 1. The standard InChI is InChI=1S/C23H22F3NO3/c1-13(2)30-23(29)22-14(3)27(12-15-6-4-5-7-19(15)25)21(28)11-18(22)17-9-8-16(24)10-20(17)26/h4-10,13,18H,11-12H2,1-3H3. The van der Waals surface area contributed by atoms with Crippen LogP contribution in [0.2, 0.25) is 0 Å². The zero-order valence-electron chi connectivity index (χ0n) is 16.9. The molecule has 0 spiro atoms. The Hall–Kier alpha value is -3.09. The number of amides is 1. The third-order valence-corrected chi connectivity index (χ3v) is 5.01. The van der Waals surface area contributed by atoms with Gasteiger partial charge in [-0.05, 0) is 38.5 Å². The van der Waals surface area contributed by atoms with Crippen molar-refractivity contribution < 1.29 is 27.5 Å². The number of hydrogen-bond acceptors (Lipinski definition) is 3. The van der Waals surface area contributed by atoms with E-state index >= 15 is 0 Å². The first-order chi connectivity index (χ1) is 14.2. The highest BCUT2D eigenvalue weighted by atomic mass is 19.1. The van der Waals surface area contributed by atoms with E-state index in [0.29, 0.717) is 6.07 Å². The van der Waals surface area contributed by atoms with Gasteiger partial charge in [-0.25, -0.2) is 18.0 Å². The van der Waals surface area contributed by atoms with Crippen LogP contribution in [0.25, 0.3) is 0 Å². The summed E-state index contributed by atoms with van der Waals surface area (Å²) in [5.41, 5.74) is 0.678. The number of ether oxygens (including phenoxy) is 1. The number of esters is 1. The van der Waals surface area contributed by atoms with Crippen molar-refractivity contribution in [1.29, 1.82) is 0 Å². The molecule has 1 heterocycles. The van der Waals surface area contributed by atoms with Crippen LogP contribution in [0, 0.1) is 17.5 Å². The maximum atomic E-state index is 14.5. The number of carbonyl (C=O) groups excluding carboxylic acids is 2. The van der Waals surface area contributed by atoms with Crippen LogP contribution in [0.4, 0.5) is 13.2 Å². The molecule has 1 atom stereocenters. The molecule has 30 heavy (non-hydrogen) atoms. The Morgan fingerprint density at radius 2 is 1.83 bits per heavy atom. The fourth-order valence-electron chi connectivity index (χ4n) is 3.59. The number of carbonyl (C=O) groups is 2. The maximum Gasteiger partial charge on any atom is 0.336 e. The summed E-state index contributed by atoms with van der Waals surface area (Å²) in [7, 11) is 0.